The van der Waals surface area contributed by atoms with Crippen LogP contribution in [0.15, 0.2) is 40.4 Å². The molecule has 0 bridgehead atoms. The van der Waals surface area contributed by atoms with E-state index in [2.05, 4.69) is 44.5 Å². The summed E-state index contributed by atoms with van der Waals surface area (Å²) in [6, 6.07) is 8.53. The lowest BCUT2D eigenvalue weighted by Crippen LogP contribution is -2.24. The van der Waals surface area contributed by atoms with Crippen LogP contribution in [-0.2, 0) is 13.0 Å². The van der Waals surface area contributed by atoms with Crippen molar-refractivity contribution in [2.45, 2.75) is 25.9 Å². The number of hydrogen-bond acceptors (Lipinski definition) is 5. The van der Waals surface area contributed by atoms with Gasteiger partial charge in [-0.05, 0) is 37.6 Å². The van der Waals surface area contributed by atoms with Crippen molar-refractivity contribution < 1.29 is 4.52 Å². The fourth-order valence-electron chi connectivity index (χ4n) is 2.13. The van der Waals surface area contributed by atoms with Crippen LogP contribution in [0.4, 0.5) is 0 Å². The number of thiophene rings is 1. The number of nitrogens with zero attached hydrogens (tertiary/aromatic N) is 3. The molecule has 118 valence electrons. The smallest absolute Gasteiger partial charge is 0.274 e. The molecule has 0 amide bonds. The van der Waals surface area contributed by atoms with E-state index in [1.165, 1.54) is 4.88 Å². The number of halogens is 1. The predicted octanol–water partition coefficient (Wildman–Crippen LogP) is 3.22. The van der Waals surface area contributed by atoms with E-state index in [1.807, 2.05) is 25.4 Å². The molecule has 3 aromatic heterocycles. The average Bonchev–Trinajstić information content (AvgIpc) is 3.20. The van der Waals surface area contributed by atoms with Crippen LogP contribution in [0.3, 0.4) is 0 Å². The first kappa shape index (κ1) is 16.7. The highest BCUT2D eigenvalue weighted by molar-refractivity contribution is 7.09. The molecule has 22 heavy (non-hydrogen) atoms. The molecular weight excluding hydrogens is 320 g/mol. The van der Waals surface area contributed by atoms with Crippen LogP contribution >= 0.6 is 23.7 Å². The predicted molar refractivity (Wildman–Crippen MR) is 90.6 cm³/mol. The fraction of sp³-hybridized carbons (Fsp3) is 0.333. The molecular formula is C15H19ClN4OS. The van der Waals surface area contributed by atoms with Gasteiger partial charge in [0.05, 0.1) is 6.54 Å². The van der Waals surface area contributed by atoms with Crippen LogP contribution in [0.2, 0.25) is 0 Å². The zero-order valence-corrected chi connectivity index (χ0v) is 14.2. The Morgan fingerprint density at radius 3 is 2.95 bits per heavy atom. The van der Waals surface area contributed by atoms with Gasteiger partial charge in [0.1, 0.15) is 5.69 Å². The Morgan fingerprint density at radius 1 is 1.36 bits per heavy atom. The van der Waals surface area contributed by atoms with E-state index in [9.17, 15) is 0 Å². The Hall–Kier alpha value is -1.63. The molecule has 0 spiro atoms. The highest BCUT2D eigenvalue weighted by Crippen LogP contribution is 2.21. The third kappa shape index (κ3) is 3.76. The van der Waals surface area contributed by atoms with Crippen LogP contribution in [0, 0.1) is 0 Å². The summed E-state index contributed by atoms with van der Waals surface area (Å²) in [6.45, 7) is 2.92. The monoisotopic (exact) mass is 338 g/mol. The van der Waals surface area contributed by atoms with Crippen molar-refractivity contribution in [2.75, 3.05) is 7.05 Å². The van der Waals surface area contributed by atoms with Crippen molar-refractivity contribution in [3.05, 3.63) is 46.5 Å². The summed E-state index contributed by atoms with van der Waals surface area (Å²) >= 11 is 1.75. The molecule has 0 saturated heterocycles. The first-order valence-electron chi connectivity index (χ1n) is 6.94. The van der Waals surface area contributed by atoms with E-state index in [-0.39, 0.29) is 12.4 Å². The lowest BCUT2D eigenvalue weighted by molar-refractivity contribution is 0.415. The van der Waals surface area contributed by atoms with Gasteiger partial charge >= 0.3 is 0 Å². The molecule has 0 aliphatic carbocycles. The largest absolute Gasteiger partial charge is 0.338 e. The fourth-order valence-corrected chi connectivity index (χ4v) is 2.84. The molecule has 3 rings (SSSR count). The second-order valence-electron chi connectivity index (χ2n) is 5.01. The first-order valence-corrected chi connectivity index (χ1v) is 7.82. The standard InChI is InChI=1S/C15H18N4OS.ClH/c1-11(16-2)9-14-17-15(20-18-14)13-6-3-7-19(13)10-12-5-4-8-21-12;/h3-8,11,16H,9-10H2,1-2H3;1H. The third-order valence-electron chi connectivity index (χ3n) is 3.40. The summed E-state index contributed by atoms with van der Waals surface area (Å²) in [6.07, 6.45) is 2.79. The number of hydrogen-bond donors (Lipinski definition) is 1. The van der Waals surface area contributed by atoms with Crippen molar-refractivity contribution in [1.29, 1.82) is 0 Å². The lowest BCUT2D eigenvalue weighted by Gasteiger charge is -2.05. The van der Waals surface area contributed by atoms with E-state index in [0.29, 0.717) is 11.9 Å². The molecule has 5 nitrogen and oxygen atoms in total. The zero-order valence-electron chi connectivity index (χ0n) is 12.5. The Balaban J connectivity index is 0.00000176. The van der Waals surface area contributed by atoms with Gasteiger partial charge in [0, 0.05) is 23.5 Å². The van der Waals surface area contributed by atoms with Gasteiger partial charge in [0.2, 0.25) is 0 Å². The summed E-state index contributed by atoms with van der Waals surface area (Å²) in [5.41, 5.74) is 0.958. The van der Waals surface area contributed by atoms with E-state index < -0.39 is 0 Å². The average molecular weight is 339 g/mol. The molecule has 0 aliphatic heterocycles. The van der Waals surface area contributed by atoms with E-state index in [0.717, 1.165) is 24.5 Å². The van der Waals surface area contributed by atoms with Gasteiger partial charge in [-0.3, -0.25) is 0 Å². The molecule has 0 aromatic carbocycles. The maximum absolute atomic E-state index is 5.41. The quantitative estimate of drug-likeness (QED) is 0.749. The number of nitrogens with one attached hydrogen (secondary N) is 1. The van der Waals surface area contributed by atoms with Crippen LogP contribution < -0.4 is 5.32 Å². The third-order valence-corrected chi connectivity index (χ3v) is 4.27. The van der Waals surface area contributed by atoms with Gasteiger partial charge in [0.15, 0.2) is 5.82 Å². The zero-order chi connectivity index (χ0) is 14.7. The highest BCUT2D eigenvalue weighted by Gasteiger charge is 2.14. The number of aromatic nitrogens is 3. The normalized spacial score (nSPS) is 12.1. The van der Waals surface area contributed by atoms with Crippen LogP contribution in [0.5, 0.6) is 0 Å². The summed E-state index contributed by atoms with van der Waals surface area (Å²) < 4.78 is 7.54. The van der Waals surface area contributed by atoms with Crippen LogP contribution in [0.25, 0.3) is 11.6 Å². The molecule has 0 aliphatic rings. The summed E-state index contributed by atoms with van der Waals surface area (Å²) in [5.74, 6) is 1.31. The van der Waals surface area contributed by atoms with Gasteiger partial charge in [-0.25, -0.2) is 0 Å². The Bertz CT molecular complexity index is 692. The van der Waals surface area contributed by atoms with Gasteiger partial charge < -0.3 is 14.4 Å². The molecule has 3 heterocycles. The molecule has 1 N–H and O–H groups in total. The molecule has 7 heteroatoms. The second-order valence-corrected chi connectivity index (χ2v) is 6.04. The Morgan fingerprint density at radius 2 is 2.23 bits per heavy atom. The summed E-state index contributed by atoms with van der Waals surface area (Å²) in [5, 5.41) is 9.32. The van der Waals surface area contributed by atoms with E-state index in [4.69, 9.17) is 4.52 Å². The lowest BCUT2D eigenvalue weighted by atomic mass is 10.2. The van der Waals surface area contributed by atoms with Crippen molar-refractivity contribution in [3.63, 3.8) is 0 Å². The minimum atomic E-state index is 0. The SMILES string of the molecule is CNC(C)Cc1noc(-c2cccn2Cc2cccs2)n1.Cl. The van der Waals surface area contributed by atoms with E-state index >= 15 is 0 Å². The molecule has 0 fully saturated rings. The molecule has 1 unspecified atom stereocenters. The highest BCUT2D eigenvalue weighted by atomic mass is 35.5. The Labute approximate surface area is 139 Å². The molecule has 3 aromatic rings. The van der Waals surface area contributed by atoms with Crippen molar-refractivity contribution >= 4 is 23.7 Å². The molecule has 1 atom stereocenters. The van der Waals surface area contributed by atoms with Crippen LogP contribution in [0.1, 0.15) is 17.6 Å². The molecule has 0 saturated carbocycles. The van der Waals surface area contributed by atoms with Gasteiger partial charge in [-0.15, -0.1) is 23.7 Å². The molecule has 0 radical (unpaired) electrons. The maximum Gasteiger partial charge on any atom is 0.274 e. The first-order chi connectivity index (χ1) is 10.3. The van der Waals surface area contributed by atoms with Crippen molar-refractivity contribution in [2.24, 2.45) is 0 Å². The van der Waals surface area contributed by atoms with Gasteiger partial charge in [-0.2, -0.15) is 4.98 Å². The maximum atomic E-state index is 5.41. The van der Waals surface area contributed by atoms with E-state index in [1.54, 1.807) is 11.3 Å². The number of likely N-dealkylation sites (N-methyl/N-ethyl adjacent to an activating group) is 1. The minimum Gasteiger partial charge on any atom is -0.338 e. The van der Waals surface area contributed by atoms with Crippen molar-refractivity contribution in [3.8, 4) is 11.6 Å². The second kappa shape index (κ2) is 7.58. The summed E-state index contributed by atoms with van der Waals surface area (Å²) in [4.78, 5) is 5.80. The van der Waals surface area contributed by atoms with Gasteiger partial charge in [-0.1, -0.05) is 11.2 Å². The summed E-state index contributed by atoms with van der Waals surface area (Å²) in [7, 11) is 1.93. The van der Waals surface area contributed by atoms with Crippen LogP contribution in [-0.4, -0.2) is 27.8 Å². The minimum absolute atomic E-state index is 0. The van der Waals surface area contributed by atoms with Crippen molar-refractivity contribution in [1.82, 2.24) is 20.0 Å². The Kier molecular flexibility index (Phi) is 5.76. The number of rotatable bonds is 6. The van der Waals surface area contributed by atoms with Gasteiger partial charge in [0.25, 0.3) is 5.89 Å². The topological polar surface area (TPSA) is 55.9 Å².